The summed E-state index contributed by atoms with van der Waals surface area (Å²) in [6.45, 7) is 1.65. The molecular weight excluding hydrogens is 294 g/mol. The number of aliphatic hydroxyl groups is 1. The number of rotatable bonds is 6. The number of furan rings is 1. The summed E-state index contributed by atoms with van der Waals surface area (Å²) in [5.41, 5.74) is -0.780. The van der Waals surface area contributed by atoms with Crippen LogP contribution < -0.4 is 10.1 Å². The average molecular weight is 315 g/mol. The molecule has 0 radical (unpaired) electrons. The highest BCUT2D eigenvalue weighted by Gasteiger charge is 2.28. The molecule has 1 fully saturated rings. The van der Waals surface area contributed by atoms with Crippen molar-refractivity contribution in [2.45, 2.75) is 37.9 Å². The maximum atomic E-state index is 12.4. The quantitative estimate of drug-likeness (QED) is 0.860. The van der Waals surface area contributed by atoms with E-state index in [0.717, 1.165) is 12.8 Å². The first-order valence-electron chi connectivity index (χ1n) is 7.86. The van der Waals surface area contributed by atoms with Gasteiger partial charge < -0.3 is 19.6 Å². The van der Waals surface area contributed by atoms with E-state index in [1.807, 2.05) is 6.07 Å². The number of carbonyl (C=O) groups excluding carboxylic acids is 1. The lowest BCUT2D eigenvalue weighted by atomic mass is 9.96. The van der Waals surface area contributed by atoms with Gasteiger partial charge in [0.1, 0.15) is 17.1 Å². The highest BCUT2D eigenvalue weighted by atomic mass is 16.5. The fourth-order valence-electron chi connectivity index (χ4n) is 2.44. The van der Waals surface area contributed by atoms with Gasteiger partial charge in [0.2, 0.25) is 0 Å². The van der Waals surface area contributed by atoms with E-state index in [-0.39, 0.29) is 18.6 Å². The summed E-state index contributed by atoms with van der Waals surface area (Å²) in [6.07, 6.45) is 4.93. The third kappa shape index (κ3) is 3.56. The van der Waals surface area contributed by atoms with Crippen LogP contribution in [0.15, 0.2) is 47.1 Å². The molecule has 3 rings (SSSR count). The normalized spacial score (nSPS) is 17.1. The molecule has 0 bridgehead atoms. The zero-order valence-corrected chi connectivity index (χ0v) is 13.1. The predicted molar refractivity (Wildman–Crippen MR) is 85.3 cm³/mol. The number of nitrogens with one attached hydrogen (secondary N) is 1. The van der Waals surface area contributed by atoms with Crippen LogP contribution in [0.3, 0.4) is 0 Å². The van der Waals surface area contributed by atoms with Crippen molar-refractivity contribution in [1.29, 1.82) is 0 Å². The van der Waals surface area contributed by atoms with Gasteiger partial charge in [0.25, 0.3) is 5.91 Å². The summed E-state index contributed by atoms with van der Waals surface area (Å²) in [5.74, 6) is 0.732. The van der Waals surface area contributed by atoms with E-state index in [4.69, 9.17) is 9.15 Å². The van der Waals surface area contributed by atoms with E-state index in [0.29, 0.717) is 17.1 Å². The Labute approximate surface area is 135 Å². The van der Waals surface area contributed by atoms with Crippen LogP contribution in [-0.2, 0) is 5.60 Å². The Bertz CT molecular complexity index is 659. The van der Waals surface area contributed by atoms with Crippen LogP contribution in [0.1, 0.15) is 42.3 Å². The largest absolute Gasteiger partial charge is 0.490 e. The fourth-order valence-corrected chi connectivity index (χ4v) is 2.44. The molecule has 2 N–H and O–H groups in total. The Hall–Kier alpha value is -2.27. The molecule has 1 heterocycles. The molecule has 1 aliphatic carbocycles. The van der Waals surface area contributed by atoms with Crippen molar-refractivity contribution in [2.75, 3.05) is 6.54 Å². The molecule has 2 aromatic rings. The lowest BCUT2D eigenvalue weighted by molar-refractivity contribution is 0.0328. The molecule has 5 nitrogen and oxygen atoms in total. The maximum Gasteiger partial charge on any atom is 0.255 e. The topological polar surface area (TPSA) is 71.7 Å². The number of benzene rings is 1. The number of ether oxygens (including phenoxy) is 1. The molecule has 1 aromatic carbocycles. The van der Waals surface area contributed by atoms with Crippen molar-refractivity contribution in [3.63, 3.8) is 0 Å². The van der Waals surface area contributed by atoms with E-state index in [2.05, 4.69) is 5.32 Å². The highest BCUT2D eigenvalue weighted by molar-refractivity contribution is 5.96. The number of carbonyl (C=O) groups is 1. The highest BCUT2D eigenvalue weighted by Crippen LogP contribution is 2.27. The number of amides is 1. The molecule has 0 saturated heterocycles. The van der Waals surface area contributed by atoms with Crippen LogP contribution in [0, 0.1) is 0 Å². The summed E-state index contributed by atoms with van der Waals surface area (Å²) in [7, 11) is 0. The monoisotopic (exact) mass is 315 g/mol. The van der Waals surface area contributed by atoms with Gasteiger partial charge in [-0.2, -0.15) is 0 Å². The van der Waals surface area contributed by atoms with Crippen molar-refractivity contribution >= 4 is 5.91 Å². The third-order valence-corrected chi connectivity index (χ3v) is 4.12. The van der Waals surface area contributed by atoms with Crippen LogP contribution >= 0.6 is 0 Å². The molecule has 1 atom stereocenters. The van der Waals surface area contributed by atoms with Gasteiger partial charge in [-0.25, -0.2) is 0 Å². The summed E-state index contributed by atoms with van der Waals surface area (Å²) in [4.78, 5) is 12.4. The molecular formula is C18H21NO4. The minimum Gasteiger partial charge on any atom is -0.490 e. The first-order chi connectivity index (χ1) is 11.1. The Morgan fingerprint density at radius 3 is 2.78 bits per heavy atom. The zero-order chi connectivity index (χ0) is 16.3. The first kappa shape index (κ1) is 15.6. The van der Waals surface area contributed by atoms with Crippen molar-refractivity contribution in [3.8, 4) is 5.75 Å². The zero-order valence-electron chi connectivity index (χ0n) is 13.1. The van der Waals surface area contributed by atoms with E-state index in [1.54, 1.807) is 37.3 Å². The molecule has 0 spiro atoms. The second-order valence-electron chi connectivity index (χ2n) is 6.10. The number of para-hydroxylation sites is 1. The standard InChI is InChI=1S/C18H21NO4/c1-18(21,16-10-5-11-22-16)12-19-17(20)14-8-2-3-9-15(14)23-13-6-4-7-13/h2-3,5,8-11,13,21H,4,6-7,12H2,1H3,(H,19,20). The van der Waals surface area contributed by atoms with Gasteiger partial charge >= 0.3 is 0 Å². The van der Waals surface area contributed by atoms with E-state index < -0.39 is 5.60 Å². The average Bonchev–Trinajstić information content (AvgIpc) is 3.04. The van der Waals surface area contributed by atoms with Gasteiger partial charge in [-0.3, -0.25) is 4.79 Å². The number of hydrogen-bond acceptors (Lipinski definition) is 4. The fraction of sp³-hybridized carbons (Fsp3) is 0.389. The lowest BCUT2D eigenvalue weighted by Crippen LogP contribution is -2.38. The molecule has 122 valence electrons. The van der Waals surface area contributed by atoms with Crippen molar-refractivity contribution in [2.24, 2.45) is 0 Å². The van der Waals surface area contributed by atoms with Crippen molar-refractivity contribution in [3.05, 3.63) is 54.0 Å². The Kier molecular flexibility index (Phi) is 4.39. The minimum absolute atomic E-state index is 0.0527. The molecule has 1 saturated carbocycles. The second kappa shape index (κ2) is 6.46. The van der Waals surface area contributed by atoms with Gasteiger partial charge in [-0.05, 0) is 50.5 Å². The van der Waals surface area contributed by atoms with Gasteiger partial charge in [0, 0.05) is 0 Å². The summed E-state index contributed by atoms with van der Waals surface area (Å²) in [6, 6.07) is 10.6. The van der Waals surface area contributed by atoms with Crippen molar-refractivity contribution in [1.82, 2.24) is 5.32 Å². The Morgan fingerprint density at radius 2 is 2.13 bits per heavy atom. The lowest BCUT2D eigenvalue weighted by Gasteiger charge is -2.27. The van der Waals surface area contributed by atoms with Gasteiger partial charge in [0.15, 0.2) is 0 Å². The summed E-state index contributed by atoms with van der Waals surface area (Å²) < 4.78 is 11.1. The minimum atomic E-state index is -1.26. The van der Waals surface area contributed by atoms with Crippen LogP contribution in [0.25, 0.3) is 0 Å². The van der Waals surface area contributed by atoms with Crippen LogP contribution in [0.2, 0.25) is 0 Å². The van der Waals surface area contributed by atoms with Gasteiger partial charge in [-0.1, -0.05) is 12.1 Å². The van der Waals surface area contributed by atoms with Crippen LogP contribution in [-0.4, -0.2) is 23.7 Å². The molecule has 23 heavy (non-hydrogen) atoms. The smallest absolute Gasteiger partial charge is 0.255 e. The summed E-state index contributed by atoms with van der Waals surface area (Å²) in [5, 5.41) is 13.1. The van der Waals surface area contributed by atoms with E-state index in [1.165, 1.54) is 12.7 Å². The van der Waals surface area contributed by atoms with E-state index in [9.17, 15) is 9.90 Å². The SMILES string of the molecule is CC(O)(CNC(=O)c1ccccc1OC1CCC1)c1ccco1. The van der Waals surface area contributed by atoms with Crippen molar-refractivity contribution < 1.29 is 19.1 Å². The summed E-state index contributed by atoms with van der Waals surface area (Å²) >= 11 is 0. The first-order valence-corrected chi connectivity index (χ1v) is 7.86. The van der Waals surface area contributed by atoms with E-state index >= 15 is 0 Å². The molecule has 1 aliphatic rings. The Balaban J connectivity index is 1.66. The predicted octanol–water partition coefficient (Wildman–Crippen LogP) is 2.85. The second-order valence-corrected chi connectivity index (χ2v) is 6.10. The molecule has 5 heteroatoms. The molecule has 1 aromatic heterocycles. The Morgan fingerprint density at radius 1 is 1.35 bits per heavy atom. The third-order valence-electron chi connectivity index (χ3n) is 4.12. The van der Waals surface area contributed by atoms with Gasteiger partial charge in [-0.15, -0.1) is 0 Å². The maximum absolute atomic E-state index is 12.4. The molecule has 0 aliphatic heterocycles. The van der Waals surface area contributed by atoms with Crippen LogP contribution in [0.4, 0.5) is 0 Å². The van der Waals surface area contributed by atoms with Gasteiger partial charge in [0.05, 0.1) is 24.5 Å². The number of hydrogen-bond donors (Lipinski definition) is 2. The van der Waals surface area contributed by atoms with Crippen LogP contribution in [0.5, 0.6) is 5.75 Å². The molecule has 1 amide bonds. The molecule has 1 unspecified atom stereocenters.